The molecule has 1 aromatic rings. The van der Waals surface area contributed by atoms with E-state index in [-0.39, 0.29) is 12.4 Å². The molecule has 1 fully saturated rings. The van der Waals surface area contributed by atoms with Gasteiger partial charge in [0.25, 0.3) is 0 Å². The average molecular weight is 269 g/mol. The van der Waals surface area contributed by atoms with Crippen molar-refractivity contribution in [2.75, 3.05) is 13.7 Å². The molecule has 3 nitrogen and oxygen atoms in total. The van der Waals surface area contributed by atoms with Crippen LogP contribution in [-0.4, -0.2) is 19.8 Å². The fraction of sp³-hybridized carbons (Fsp3) is 0.429. The second kappa shape index (κ2) is 7.29. The zero-order valence-corrected chi connectivity index (χ0v) is 11.4. The average Bonchev–Trinajstić information content (AvgIpc) is 3.18. The molecule has 0 unspecified atom stereocenters. The molecule has 0 spiro atoms. The first-order valence-corrected chi connectivity index (χ1v) is 5.97. The van der Waals surface area contributed by atoms with E-state index in [1.165, 1.54) is 18.4 Å². The lowest BCUT2D eigenvalue weighted by molar-refractivity contribution is -0.00000416. The third-order valence-electron chi connectivity index (χ3n) is 2.76. The van der Waals surface area contributed by atoms with Gasteiger partial charge in [0, 0.05) is 12.6 Å². The maximum atomic E-state index is 5.51. The monoisotopic (exact) mass is 268 g/mol. The molecule has 0 bridgehead atoms. The Hall–Kier alpha value is -1.19. The smallest absolute Gasteiger partial charge is 0.161 e. The lowest BCUT2D eigenvalue weighted by Gasteiger charge is -2.11. The Labute approximate surface area is 115 Å². The topological polar surface area (TPSA) is 30.5 Å². The second-order valence-electron chi connectivity index (χ2n) is 4.24. The van der Waals surface area contributed by atoms with E-state index in [2.05, 4.69) is 18.0 Å². The van der Waals surface area contributed by atoms with Crippen LogP contribution in [0, 0.1) is 0 Å². The van der Waals surface area contributed by atoms with Crippen LogP contribution in [0.2, 0.25) is 0 Å². The summed E-state index contributed by atoms with van der Waals surface area (Å²) in [4.78, 5) is 0. The van der Waals surface area contributed by atoms with E-state index in [9.17, 15) is 0 Å². The lowest BCUT2D eigenvalue weighted by Crippen LogP contribution is -3.00. The minimum atomic E-state index is 0. The number of rotatable bonds is 7. The summed E-state index contributed by atoms with van der Waals surface area (Å²) in [6, 6.07) is 6.76. The minimum absolute atomic E-state index is 0. The standard InChI is InChI=1S/C14H19NO2.ClH/c1-3-8-17-13-7-4-11(9-14(13)16-2)10-15-12-5-6-12;/h3-4,7,9,12,15H,1,5-6,8,10H2,2H3;1H/p-1. The molecule has 0 amide bonds. The summed E-state index contributed by atoms with van der Waals surface area (Å²) in [5.41, 5.74) is 1.22. The summed E-state index contributed by atoms with van der Waals surface area (Å²) in [7, 11) is 1.66. The van der Waals surface area contributed by atoms with Gasteiger partial charge in [-0.3, -0.25) is 0 Å². The highest BCUT2D eigenvalue weighted by Crippen LogP contribution is 2.28. The fourth-order valence-electron chi connectivity index (χ4n) is 1.64. The van der Waals surface area contributed by atoms with Crippen molar-refractivity contribution in [2.24, 2.45) is 0 Å². The Bertz CT molecular complexity index is 391. The van der Waals surface area contributed by atoms with Crippen LogP contribution < -0.4 is 27.2 Å². The molecular weight excluding hydrogens is 250 g/mol. The quantitative estimate of drug-likeness (QED) is 0.678. The second-order valence-corrected chi connectivity index (χ2v) is 4.24. The van der Waals surface area contributed by atoms with Gasteiger partial charge in [-0.15, -0.1) is 0 Å². The summed E-state index contributed by atoms with van der Waals surface area (Å²) in [5.74, 6) is 1.55. The van der Waals surface area contributed by atoms with Gasteiger partial charge < -0.3 is 27.2 Å². The van der Waals surface area contributed by atoms with Gasteiger partial charge in [0.15, 0.2) is 11.5 Å². The number of halogens is 1. The normalized spacial score (nSPS) is 13.6. The number of hydrogen-bond donors (Lipinski definition) is 1. The number of benzene rings is 1. The molecule has 0 atom stereocenters. The van der Waals surface area contributed by atoms with Gasteiger partial charge in [-0.25, -0.2) is 0 Å². The minimum Gasteiger partial charge on any atom is -1.00 e. The fourth-order valence-corrected chi connectivity index (χ4v) is 1.64. The lowest BCUT2D eigenvalue weighted by atomic mass is 10.2. The highest BCUT2D eigenvalue weighted by Gasteiger charge is 2.20. The Morgan fingerprint density at radius 2 is 2.17 bits per heavy atom. The summed E-state index contributed by atoms with van der Waals surface area (Å²) >= 11 is 0. The molecule has 4 heteroatoms. The molecule has 1 aromatic carbocycles. The van der Waals surface area contributed by atoms with Crippen LogP contribution in [0.5, 0.6) is 11.5 Å². The van der Waals surface area contributed by atoms with Crippen molar-refractivity contribution in [3.8, 4) is 11.5 Å². The van der Waals surface area contributed by atoms with Gasteiger partial charge in [-0.2, -0.15) is 0 Å². The molecule has 18 heavy (non-hydrogen) atoms. The highest BCUT2D eigenvalue weighted by atomic mass is 35.5. The van der Waals surface area contributed by atoms with Crippen LogP contribution in [0.25, 0.3) is 0 Å². The van der Waals surface area contributed by atoms with Gasteiger partial charge in [0.05, 0.1) is 7.11 Å². The molecule has 0 aliphatic heterocycles. The largest absolute Gasteiger partial charge is 1.00 e. The van der Waals surface area contributed by atoms with Crippen LogP contribution in [0.15, 0.2) is 30.9 Å². The Morgan fingerprint density at radius 3 is 2.78 bits per heavy atom. The Morgan fingerprint density at radius 1 is 1.39 bits per heavy atom. The molecule has 2 rings (SSSR count). The van der Waals surface area contributed by atoms with Gasteiger partial charge in [0.2, 0.25) is 0 Å². The molecule has 100 valence electrons. The van der Waals surface area contributed by atoms with Crippen molar-refractivity contribution in [1.29, 1.82) is 0 Å². The molecule has 0 heterocycles. The van der Waals surface area contributed by atoms with E-state index >= 15 is 0 Å². The van der Waals surface area contributed by atoms with Gasteiger partial charge in [-0.05, 0) is 30.5 Å². The van der Waals surface area contributed by atoms with E-state index in [0.717, 1.165) is 24.1 Å². The first-order valence-electron chi connectivity index (χ1n) is 5.97. The number of methoxy groups -OCH3 is 1. The van der Waals surface area contributed by atoms with Crippen LogP contribution in [0.1, 0.15) is 18.4 Å². The Kier molecular flexibility index (Phi) is 6.02. The third kappa shape index (κ3) is 4.24. The van der Waals surface area contributed by atoms with E-state index in [1.54, 1.807) is 13.2 Å². The van der Waals surface area contributed by atoms with Gasteiger partial charge >= 0.3 is 0 Å². The number of nitrogens with one attached hydrogen (secondary N) is 1. The first kappa shape index (κ1) is 14.9. The van der Waals surface area contributed by atoms with Crippen molar-refractivity contribution in [2.45, 2.75) is 25.4 Å². The first-order chi connectivity index (χ1) is 8.33. The van der Waals surface area contributed by atoms with E-state index in [0.29, 0.717) is 6.61 Å². The maximum absolute atomic E-state index is 5.51. The van der Waals surface area contributed by atoms with E-state index in [1.807, 2.05) is 12.1 Å². The SMILES string of the molecule is C=CCOc1ccc(CNC2CC2)cc1OC.[Cl-]. The summed E-state index contributed by atoms with van der Waals surface area (Å²) < 4.78 is 10.8. The van der Waals surface area contributed by atoms with Gasteiger partial charge in [0.1, 0.15) is 6.61 Å². The van der Waals surface area contributed by atoms with Crippen molar-refractivity contribution in [3.05, 3.63) is 36.4 Å². The number of ether oxygens (including phenoxy) is 2. The zero-order chi connectivity index (χ0) is 12.1. The molecule has 1 N–H and O–H groups in total. The third-order valence-corrected chi connectivity index (χ3v) is 2.76. The highest BCUT2D eigenvalue weighted by molar-refractivity contribution is 5.43. The van der Waals surface area contributed by atoms with E-state index in [4.69, 9.17) is 9.47 Å². The van der Waals surface area contributed by atoms with Gasteiger partial charge in [-0.1, -0.05) is 18.7 Å². The van der Waals surface area contributed by atoms with Crippen molar-refractivity contribution >= 4 is 0 Å². The zero-order valence-electron chi connectivity index (χ0n) is 10.6. The molecule has 0 radical (unpaired) electrons. The molecule has 1 saturated carbocycles. The van der Waals surface area contributed by atoms with Crippen LogP contribution in [0.4, 0.5) is 0 Å². The van der Waals surface area contributed by atoms with Crippen LogP contribution in [0.3, 0.4) is 0 Å². The maximum Gasteiger partial charge on any atom is 0.161 e. The molecule has 1 aliphatic carbocycles. The predicted molar refractivity (Wildman–Crippen MR) is 68.5 cm³/mol. The predicted octanol–water partition coefficient (Wildman–Crippen LogP) is -0.484. The number of hydrogen-bond acceptors (Lipinski definition) is 3. The molecule has 1 aliphatic rings. The van der Waals surface area contributed by atoms with Crippen LogP contribution in [-0.2, 0) is 6.54 Å². The van der Waals surface area contributed by atoms with Crippen LogP contribution >= 0.6 is 0 Å². The van der Waals surface area contributed by atoms with E-state index < -0.39 is 0 Å². The summed E-state index contributed by atoms with van der Waals surface area (Å²) in [6.07, 6.45) is 4.33. The molecular formula is C14H19ClNO2-. The van der Waals surface area contributed by atoms with Crippen molar-refractivity contribution in [3.63, 3.8) is 0 Å². The van der Waals surface area contributed by atoms with Crippen molar-refractivity contribution < 1.29 is 21.9 Å². The molecule has 0 saturated heterocycles. The molecule has 0 aromatic heterocycles. The summed E-state index contributed by atoms with van der Waals surface area (Å²) in [6.45, 7) is 5.02. The van der Waals surface area contributed by atoms with Crippen molar-refractivity contribution in [1.82, 2.24) is 5.32 Å². The Balaban J connectivity index is 0.00000162. The summed E-state index contributed by atoms with van der Waals surface area (Å²) in [5, 5.41) is 3.47.